The van der Waals surface area contributed by atoms with Gasteiger partial charge >= 0.3 is 0 Å². The summed E-state index contributed by atoms with van der Waals surface area (Å²) in [6.45, 7) is 4.62. The number of benzene rings is 1. The van der Waals surface area contributed by atoms with Gasteiger partial charge in [0.05, 0.1) is 0 Å². The van der Waals surface area contributed by atoms with Gasteiger partial charge in [-0.15, -0.1) is 12.4 Å². The second kappa shape index (κ2) is 9.67. The third-order valence-electron chi connectivity index (χ3n) is 2.10. The summed E-state index contributed by atoms with van der Waals surface area (Å²) in [5.41, 5.74) is 0.724. The van der Waals surface area contributed by atoms with E-state index in [1.165, 1.54) is 0 Å². The highest BCUT2D eigenvalue weighted by molar-refractivity contribution is 14.1. The number of hydrogen-bond donors (Lipinski definition) is 2. The van der Waals surface area contributed by atoms with Gasteiger partial charge in [-0.25, -0.2) is 0 Å². The molecule has 0 radical (unpaired) electrons. The van der Waals surface area contributed by atoms with Crippen molar-refractivity contribution in [3.8, 4) is 0 Å². The van der Waals surface area contributed by atoms with Crippen molar-refractivity contribution in [3.05, 3.63) is 33.4 Å². The Balaban J connectivity index is 0.00000256. The van der Waals surface area contributed by atoms with Crippen molar-refractivity contribution < 1.29 is 4.79 Å². The van der Waals surface area contributed by atoms with Gasteiger partial charge in [0.25, 0.3) is 5.91 Å². The Morgan fingerprint density at radius 1 is 1.29 bits per heavy atom. The summed E-state index contributed by atoms with van der Waals surface area (Å²) in [5, 5.41) is 6.12. The molecule has 5 heteroatoms. The van der Waals surface area contributed by atoms with Gasteiger partial charge in [-0.2, -0.15) is 0 Å². The molecule has 1 amide bonds. The highest BCUT2D eigenvalue weighted by Crippen LogP contribution is 2.07. The van der Waals surface area contributed by atoms with Crippen molar-refractivity contribution in [2.45, 2.75) is 13.3 Å². The molecule has 17 heavy (non-hydrogen) atoms. The molecule has 0 aliphatic rings. The lowest BCUT2D eigenvalue weighted by molar-refractivity contribution is 0.0954. The maximum absolute atomic E-state index is 11.7. The second-order valence-corrected chi connectivity index (χ2v) is 4.76. The highest BCUT2D eigenvalue weighted by Gasteiger charge is 2.03. The van der Waals surface area contributed by atoms with Crippen LogP contribution in [0.4, 0.5) is 0 Å². The molecule has 0 aromatic heterocycles. The normalized spacial score (nSPS) is 9.53. The minimum absolute atomic E-state index is 0. The van der Waals surface area contributed by atoms with E-state index in [0.29, 0.717) is 6.54 Å². The quantitative estimate of drug-likeness (QED) is 0.598. The van der Waals surface area contributed by atoms with Crippen LogP contribution in [0.2, 0.25) is 0 Å². The van der Waals surface area contributed by atoms with E-state index in [4.69, 9.17) is 0 Å². The van der Waals surface area contributed by atoms with Crippen LogP contribution in [-0.4, -0.2) is 25.5 Å². The highest BCUT2D eigenvalue weighted by atomic mass is 127. The molecule has 1 aromatic carbocycles. The van der Waals surface area contributed by atoms with Crippen molar-refractivity contribution >= 4 is 40.9 Å². The van der Waals surface area contributed by atoms with Gasteiger partial charge in [0.1, 0.15) is 0 Å². The molecule has 96 valence electrons. The van der Waals surface area contributed by atoms with Crippen molar-refractivity contribution in [3.63, 3.8) is 0 Å². The summed E-state index contributed by atoms with van der Waals surface area (Å²) < 4.78 is 1.08. The lowest BCUT2D eigenvalue weighted by Gasteiger charge is -2.06. The molecule has 3 nitrogen and oxygen atoms in total. The number of amides is 1. The Kier molecular flexibility index (Phi) is 9.49. The van der Waals surface area contributed by atoms with Gasteiger partial charge in [0.15, 0.2) is 0 Å². The molecule has 0 saturated carbocycles. The van der Waals surface area contributed by atoms with Crippen LogP contribution in [0.25, 0.3) is 0 Å². The molecule has 0 atom stereocenters. The first kappa shape index (κ1) is 16.7. The number of rotatable bonds is 6. The predicted octanol–water partition coefficient (Wildman–Crippen LogP) is 2.44. The second-order valence-electron chi connectivity index (χ2n) is 3.52. The molecule has 0 heterocycles. The largest absolute Gasteiger partial charge is 0.351 e. The molecule has 1 aromatic rings. The molecule has 0 spiro atoms. The van der Waals surface area contributed by atoms with Crippen LogP contribution >= 0.6 is 35.0 Å². The summed E-state index contributed by atoms with van der Waals surface area (Å²) >= 11 is 2.20. The monoisotopic (exact) mass is 368 g/mol. The van der Waals surface area contributed by atoms with Crippen LogP contribution < -0.4 is 10.6 Å². The lowest BCUT2D eigenvalue weighted by atomic mass is 10.2. The van der Waals surface area contributed by atoms with E-state index in [1.807, 2.05) is 24.3 Å². The van der Waals surface area contributed by atoms with E-state index in [2.05, 4.69) is 40.1 Å². The Bertz CT molecular complexity index is 347. The van der Waals surface area contributed by atoms with E-state index in [9.17, 15) is 4.79 Å². The summed E-state index contributed by atoms with van der Waals surface area (Å²) in [6, 6.07) is 7.58. The molecule has 0 bridgehead atoms. The van der Waals surface area contributed by atoms with Crippen LogP contribution in [0.15, 0.2) is 24.3 Å². The zero-order chi connectivity index (χ0) is 11.8. The first-order valence-corrected chi connectivity index (χ1v) is 6.56. The smallest absolute Gasteiger partial charge is 0.251 e. The maximum atomic E-state index is 11.7. The van der Waals surface area contributed by atoms with E-state index in [1.54, 1.807) is 0 Å². The number of carbonyl (C=O) groups is 1. The van der Waals surface area contributed by atoms with Gasteiger partial charge in [0, 0.05) is 22.2 Å². The van der Waals surface area contributed by atoms with E-state index < -0.39 is 0 Å². The van der Waals surface area contributed by atoms with Gasteiger partial charge < -0.3 is 10.6 Å². The molecule has 0 saturated heterocycles. The summed E-state index contributed by atoms with van der Waals surface area (Å²) in [7, 11) is 0. The molecule has 2 N–H and O–H groups in total. The SMILES string of the molecule is CCCNCCNC(=O)c1cccc(I)c1.Cl. The molecule has 0 unspecified atom stereocenters. The standard InChI is InChI=1S/C12H17IN2O.ClH/c1-2-6-14-7-8-15-12(16)10-4-3-5-11(13)9-10;/h3-5,9,14H,2,6-8H2,1H3,(H,15,16);1H. The minimum atomic E-state index is -0.00295. The van der Waals surface area contributed by atoms with Crippen LogP contribution in [-0.2, 0) is 0 Å². The fraction of sp³-hybridized carbons (Fsp3) is 0.417. The Morgan fingerprint density at radius 3 is 2.71 bits per heavy atom. The fourth-order valence-electron chi connectivity index (χ4n) is 1.30. The number of hydrogen-bond acceptors (Lipinski definition) is 2. The van der Waals surface area contributed by atoms with Crippen molar-refractivity contribution in [2.24, 2.45) is 0 Å². The third kappa shape index (κ3) is 6.85. The van der Waals surface area contributed by atoms with Gasteiger partial charge in [-0.3, -0.25) is 4.79 Å². The number of carbonyl (C=O) groups excluding carboxylic acids is 1. The molecule has 0 fully saturated rings. The van der Waals surface area contributed by atoms with Crippen molar-refractivity contribution in [1.82, 2.24) is 10.6 Å². The molecule has 0 aliphatic carbocycles. The van der Waals surface area contributed by atoms with E-state index in [0.717, 1.165) is 28.6 Å². The maximum Gasteiger partial charge on any atom is 0.251 e. The van der Waals surface area contributed by atoms with Crippen LogP contribution in [0, 0.1) is 3.57 Å². The van der Waals surface area contributed by atoms with Crippen LogP contribution in [0.3, 0.4) is 0 Å². The first-order chi connectivity index (χ1) is 7.74. The number of halogens is 2. The van der Waals surface area contributed by atoms with E-state index in [-0.39, 0.29) is 18.3 Å². The van der Waals surface area contributed by atoms with Crippen LogP contribution in [0.1, 0.15) is 23.7 Å². The Labute approximate surface area is 122 Å². The lowest BCUT2D eigenvalue weighted by Crippen LogP contribution is -2.32. The van der Waals surface area contributed by atoms with E-state index >= 15 is 0 Å². The van der Waals surface area contributed by atoms with Crippen molar-refractivity contribution in [2.75, 3.05) is 19.6 Å². The average molecular weight is 369 g/mol. The molecule has 0 aliphatic heterocycles. The molecular weight excluding hydrogens is 351 g/mol. The van der Waals surface area contributed by atoms with Gasteiger partial charge in [0.2, 0.25) is 0 Å². The van der Waals surface area contributed by atoms with Crippen LogP contribution in [0.5, 0.6) is 0 Å². The number of nitrogens with one attached hydrogen (secondary N) is 2. The van der Waals surface area contributed by atoms with Gasteiger partial charge in [-0.05, 0) is 53.8 Å². The molecular formula is C12H18ClIN2O. The zero-order valence-electron chi connectivity index (χ0n) is 9.83. The zero-order valence-corrected chi connectivity index (χ0v) is 12.8. The summed E-state index contributed by atoms with van der Waals surface area (Å²) in [5.74, 6) is -0.00295. The third-order valence-corrected chi connectivity index (χ3v) is 2.77. The predicted molar refractivity (Wildman–Crippen MR) is 81.9 cm³/mol. The minimum Gasteiger partial charge on any atom is -0.351 e. The topological polar surface area (TPSA) is 41.1 Å². The van der Waals surface area contributed by atoms with Crippen molar-refractivity contribution in [1.29, 1.82) is 0 Å². The first-order valence-electron chi connectivity index (χ1n) is 5.48. The summed E-state index contributed by atoms with van der Waals surface area (Å²) in [6.07, 6.45) is 1.12. The Morgan fingerprint density at radius 2 is 2.06 bits per heavy atom. The summed E-state index contributed by atoms with van der Waals surface area (Å²) in [4.78, 5) is 11.7. The molecule has 1 rings (SSSR count). The van der Waals surface area contributed by atoms with Gasteiger partial charge in [-0.1, -0.05) is 13.0 Å². The average Bonchev–Trinajstić information content (AvgIpc) is 2.28. The fourth-order valence-corrected chi connectivity index (χ4v) is 1.84. The Hall–Kier alpha value is -0.330.